The van der Waals surface area contributed by atoms with Gasteiger partial charge in [0.05, 0.1) is 33.5 Å². The molecule has 0 N–H and O–H groups in total. The summed E-state index contributed by atoms with van der Waals surface area (Å²) in [7, 11) is 0. The van der Waals surface area contributed by atoms with Crippen molar-refractivity contribution in [3.05, 3.63) is 219 Å². The molecule has 10 rings (SSSR count). The molecule has 0 aliphatic heterocycles. The van der Waals surface area contributed by atoms with Crippen molar-refractivity contribution in [3.8, 4) is 45.1 Å². The van der Waals surface area contributed by atoms with Crippen LogP contribution in [0, 0.1) is 0 Å². The number of hydrogen-bond acceptors (Lipinski definition) is 2. The fraction of sp³-hybridized carbons (Fsp3) is 0.0545. The molecule has 0 unspecified atom stereocenters. The second-order valence-electron chi connectivity index (χ2n) is 14.1. The van der Waals surface area contributed by atoms with Gasteiger partial charge >= 0.3 is 0 Å². The molecule has 6 aromatic carbocycles. The van der Waals surface area contributed by atoms with Crippen LogP contribution in [0.25, 0.3) is 88.8 Å². The Bertz CT molecular complexity index is 3000. The van der Waals surface area contributed by atoms with Gasteiger partial charge < -0.3 is 4.57 Å². The molecule has 286 valence electrons. The largest absolute Gasteiger partial charge is 0.309 e. The molecule has 0 amide bonds. The van der Waals surface area contributed by atoms with Crippen molar-refractivity contribution < 1.29 is 0 Å². The molecule has 0 fully saturated rings. The van der Waals surface area contributed by atoms with Crippen LogP contribution in [0.1, 0.15) is 20.8 Å². The van der Waals surface area contributed by atoms with E-state index in [9.17, 15) is 0 Å². The Hall–Kier alpha value is -7.56. The molecule has 0 bridgehead atoms. The Labute approximate surface area is 346 Å². The third-order valence-electron chi connectivity index (χ3n) is 10.4. The number of pyridine rings is 2. The quantitative estimate of drug-likeness (QED) is 0.125. The lowest BCUT2D eigenvalue weighted by Crippen LogP contribution is -1.98. The second kappa shape index (κ2) is 17.7. The average Bonchev–Trinajstić information content (AvgIpc) is 3.81. The highest BCUT2D eigenvalue weighted by Crippen LogP contribution is 2.39. The smallest absolute Gasteiger partial charge is 0.137 e. The first-order valence-electron chi connectivity index (χ1n) is 20.1. The van der Waals surface area contributed by atoms with E-state index in [0.717, 1.165) is 56.2 Å². The molecule has 4 heterocycles. The third kappa shape index (κ3) is 7.77. The summed E-state index contributed by atoms with van der Waals surface area (Å²) in [5.74, 6) is 0.877. The van der Waals surface area contributed by atoms with Gasteiger partial charge in [0.1, 0.15) is 5.82 Å². The molecule has 0 saturated heterocycles. The third-order valence-corrected chi connectivity index (χ3v) is 10.4. The van der Waals surface area contributed by atoms with Crippen molar-refractivity contribution in [2.75, 3.05) is 0 Å². The van der Waals surface area contributed by atoms with E-state index in [-0.39, 0.29) is 0 Å². The van der Waals surface area contributed by atoms with Crippen LogP contribution < -0.4 is 0 Å². The van der Waals surface area contributed by atoms with Gasteiger partial charge in [0.2, 0.25) is 0 Å². The summed E-state index contributed by atoms with van der Waals surface area (Å²) in [6.45, 7) is 9.42. The molecule has 59 heavy (non-hydrogen) atoms. The highest BCUT2D eigenvalue weighted by molar-refractivity contribution is 6.19. The van der Waals surface area contributed by atoms with E-state index in [4.69, 9.17) is 9.97 Å². The molecule has 4 aromatic heterocycles. The molecule has 0 spiro atoms. The molecule has 0 atom stereocenters. The van der Waals surface area contributed by atoms with E-state index in [2.05, 4.69) is 180 Å². The monoisotopic (exact) mass is 762 g/mol. The molecular weight excluding hydrogens is 717 g/mol. The van der Waals surface area contributed by atoms with Crippen molar-refractivity contribution in [2.24, 2.45) is 0 Å². The molecule has 4 nitrogen and oxygen atoms in total. The Morgan fingerprint density at radius 1 is 0.424 bits per heavy atom. The van der Waals surface area contributed by atoms with Gasteiger partial charge in [0, 0.05) is 50.1 Å². The normalized spacial score (nSPS) is 11.2. The number of hydrogen-bond donors (Lipinski definition) is 0. The second-order valence-corrected chi connectivity index (χ2v) is 14.1. The Kier molecular flexibility index (Phi) is 11.5. The minimum Gasteiger partial charge on any atom is -0.309 e. The van der Waals surface area contributed by atoms with Crippen LogP contribution in [0.4, 0.5) is 0 Å². The zero-order valence-electron chi connectivity index (χ0n) is 33.7. The SMILES string of the molecule is C/C=C\C.C=C/C=C\C.c1ccc(-c2cc(-c3ccc(-n4c5ccccc5c5cc6c7ccccc7n(-c7ccccc7)c6cc54)nc3)cc(-c3ccccc3)n2)cc1. The topological polar surface area (TPSA) is 35.6 Å². The van der Waals surface area contributed by atoms with Gasteiger partial charge in [-0.15, -0.1) is 0 Å². The van der Waals surface area contributed by atoms with Crippen molar-refractivity contribution >= 4 is 43.6 Å². The molecule has 0 aliphatic rings. The summed E-state index contributed by atoms with van der Waals surface area (Å²) < 4.78 is 4.68. The zero-order valence-corrected chi connectivity index (χ0v) is 33.7. The highest BCUT2D eigenvalue weighted by atomic mass is 15.1. The fourth-order valence-electron chi connectivity index (χ4n) is 7.57. The van der Waals surface area contributed by atoms with Gasteiger partial charge in [-0.2, -0.15) is 0 Å². The van der Waals surface area contributed by atoms with Gasteiger partial charge in [-0.3, -0.25) is 4.57 Å². The lowest BCUT2D eigenvalue weighted by molar-refractivity contribution is 1.08. The Balaban J connectivity index is 0.000000490. The minimum absolute atomic E-state index is 0.877. The standard InChI is InChI=1S/C46H30N4.C5H8.C4H8/c1-4-14-31(15-5-1)40-26-34(27-41(48-40)32-16-6-2-7-17-32)33-24-25-46(47-30-33)50-43-23-13-11-21-37(43)39-28-38-36-20-10-12-22-42(36)49(44(38)29-45(39)50)35-18-8-3-9-19-35;1-3-5-4-2;1-3-4-2/h1-30H;3-5H,1H2,2H3;3-4H,1-2H3/b;5-4-;4-3-. The maximum absolute atomic E-state index is 5.14. The lowest BCUT2D eigenvalue weighted by atomic mass is 10.0. The number of fused-ring (bicyclic) bond motifs is 6. The van der Waals surface area contributed by atoms with Crippen LogP contribution in [0.3, 0.4) is 0 Å². The maximum Gasteiger partial charge on any atom is 0.137 e. The van der Waals surface area contributed by atoms with Gasteiger partial charge in [0.25, 0.3) is 0 Å². The summed E-state index contributed by atoms with van der Waals surface area (Å²) in [5.41, 5.74) is 11.9. The summed E-state index contributed by atoms with van der Waals surface area (Å²) in [6, 6.07) is 62.1. The van der Waals surface area contributed by atoms with E-state index < -0.39 is 0 Å². The molecule has 0 aliphatic carbocycles. The fourth-order valence-corrected chi connectivity index (χ4v) is 7.57. The zero-order chi connectivity index (χ0) is 40.6. The summed E-state index contributed by atoms with van der Waals surface area (Å²) in [5, 5.41) is 4.91. The van der Waals surface area contributed by atoms with Crippen LogP contribution in [-0.4, -0.2) is 19.1 Å². The summed E-state index contributed by atoms with van der Waals surface area (Å²) >= 11 is 0. The molecule has 0 radical (unpaired) electrons. The average molecular weight is 763 g/mol. The van der Waals surface area contributed by atoms with Crippen molar-refractivity contribution in [1.29, 1.82) is 0 Å². The summed E-state index contributed by atoms with van der Waals surface area (Å²) in [4.78, 5) is 10.2. The number of allylic oxidation sites excluding steroid dienone is 5. The van der Waals surface area contributed by atoms with E-state index in [1.54, 1.807) is 6.08 Å². The van der Waals surface area contributed by atoms with Crippen LogP contribution in [0.5, 0.6) is 0 Å². The number of rotatable bonds is 6. The van der Waals surface area contributed by atoms with E-state index >= 15 is 0 Å². The van der Waals surface area contributed by atoms with Gasteiger partial charge in [-0.25, -0.2) is 9.97 Å². The molecular formula is C55H46N4. The Morgan fingerprint density at radius 2 is 0.932 bits per heavy atom. The van der Waals surface area contributed by atoms with Crippen molar-refractivity contribution in [2.45, 2.75) is 20.8 Å². The summed E-state index contributed by atoms with van der Waals surface area (Å²) in [6.07, 6.45) is 11.6. The predicted molar refractivity (Wildman–Crippen MR) is 253 cm³/mol. The van der Waals surface area contributed by atoms with E-state index in [0.29, 0.717) is 0 Å². The highest BCUT2D eigenvalue weighted by Gasteiger charge is 2.19. The van der Waals surface area contributed by atoms with Crippen molar-refractivity contribution in [3.63, 3.8) is 0 Å². The van der Waals surface area contributed by atoms with E-state index in [1.165, 1.54) is 32.6 Å². The van der Waals surface area contributed by atoms with Gasteiger partial charge in [-0.05, 0) is 87.0 Å². The van der Waals surface area contributed by atoms with Crippen molar-refractivity contribution in [1.82, 2.24) is 19.1 Å². The number of para-hydroxylation sites is 3. The van der Waals surface area contributed by atoms with Crippen LogP contribution in [-0.2, 0) is 0 Å². The van der Waals surface area contributed by atoms with Crippen LogP contribution in [0.2, 0.25) is 0 Å². The van der Waals surface area contributed by atoms with E-state index in [1.807, 2.05) is 63.4 Å². The van der Waals surface area contributed by atoms with Gasteiger partial charge in [0.15, 0.2) is 0 Å². The number of benzene rings is 6. The van der Waals surface area contributed by atoms with Crippen LogP contribution >= 0.6 is 0 Å². The maximum atomic E-state index is 5.14. The lowest BCUT2D eigenvalue weighted by Gasteiger charge is -2.12. The predicted octanol–water partition coefficient (Wildman–Crippen LogP) is 15.0. The molecule has 0 saturated carbocycles. The molecule has 10 aromatic rings. The number of nitrogens with zero attached hydrogens (tertiary/aromatic N) is 4. The first-order valence-corrected chi connectivity index (χ1v) is 20.1. The minimum atomic E-state index is 0.877. The number of aromatic nitrogens is 4. The molecule has 4 heteroatoms. The first-order chi connectivity index (χ1) is 29.1. The van der Waals surface area contributed by atoms with Crippen LogP contribution in [0.15, 0.2) is 219 Å². The Morgan fingerprint density at radius 3 is 1.42 bits per heavy atom. The first kappa shape index (κ1) is 38.3. The van der Waals surface area contributed by atoms with Gasteiger partial charge in [-0.1, -0.05) is 152 Å².